The Morgan fingerprint density at radius 2 is 1.97 bits per heavy atom. The fraction of sp³-hybridized carbons (Fsp3) is 0.400. The molecule has 1 amide bonds. The normalized spacial score (nSPS) is 13.9. The number of rotatable bonds is 8. The Morgan fingerprint density at radius 1 is 1.27 bits per heavy atom. The summed E-state index contributed by atoms with van der Waals surface area (Å²) in [6.07, 6.45) is 4.47. The first-order valence-corrected chi connectivity index (χ1v) is 11.7. The Labute approximate surface area is 181 Å². The first-order valence-electron chi connectivity index (χ1n) is 9.52. The van der Waals surface area contributed by atoms with Crippen LogP contribution in [-0.2, 0) is 14.9 Å². The lowest BCUT2D eigenvalue weighted by atomic mass is 10.1. The van der Waals surface area contributed by atoms with Gasteiger partial charge in [0.2, 0.25) is 10.0 Å². The van der Waals surface area contributed by atoms with E-state index in [9.17, 15) is 13.2 Å². The van der Waals surface area contributed by atoms with Crippen LogP contribution in [-0.4, -0.2) is 38.7 Å². The Kier molecular flexibility index (Phi) is 6.54. The Morgan fingerprint density at radius 3 is 2.57 bits per heavy atom. The second-order valence-electron chi connectivity index (χ2n) is 7.56. The van der Waals surface area contributed by atoms with Gasteiger partial charge in [0.25, 0.3) is 5.91 Å². The van der Waals surface area contributed by atoms with Gasteiger partial charge in [0.1, 0.15) is 5.15 Å². The van der Waals surface area contributed by atoms with Gasteiger partial charge in [-0.05, 0) is 56.4 Å². The van der Waals surface area contributed by atoms with E-state index in [4.69, 9.17) is 16.4 Å². The molecule has 0 radical (unpaired) electrons. The number of amides is 1. The van der Waals surface area contributed by atoms with Gasteiger partial charge in [0.05, 0.1) is 35.0 Å². The lowest BCUT2D eigenvalue weighted by Crippen LogP contribution is -2.28. The van der Waals surface area contributed by atoms with Crippen LogP contribution in [0.25, 0.3) is 0 Å². The van der Waals surface area contributed by atoms with Gasteiger partial charge < -0.3 is 5.32 Å². The standard InChI is InChI=1S/C20H25ClN4O4S/c1-12(2)29-24-20(26)15-11-22-19(21)10-17(15)23-16-8-7-14(13-5-6-13)9-18(16)25(3)30(4,27)28/h7-13H,5-6H2,1-4H3,(H,22,23)(H,24,26). The van der Waals surface area contributed by atoms with Crippen molar-refractivity contribution in [2.24, 2.45) is 0 Å². The maximum Gasteiger partial charge on any atom is 0.278 e. The van der Waals surface area contributed by atoms with Gasteiger partial charge >= 0.3 is 0 Å². The highest BCUT2D eigenvalue weighted by Crippen LogP contribution is 2.43. The van der Waals surface area contributed by atoms with Crippen LogP contribution in [0.2, 0.25) is 5.15 Å². The molecule has 0 bridgehead atoms. The highest BCUT2D eigenvalue weighted by molar-refractivity contribution is 7.92. The molecule has 0 aliphatic heterocycles. The van der Waals surface area contributed by atoms with E-state index in [1.165, 1.54) is 23.6 Å². The lowest BCUT2D eigenvalue weighted by molar-refractivity contribution is 0.000221. The molecule has 1 aliphatic carbocycles. The van der Waals surface area contributed by atoms with E-state index in [0.29, 0.717) is 23.0 Å². The van der Waals surface area contributed by atoms with Crippen LogP contribution in [0.4, 0.5) is 17.1 Å². The topological polar surface area (TPSA) is 101 Å². The van der Waals surface area contributed by atoms with Crippen molar-refractivity contribution in [3.8, 4) is 0 Å². The quantitative estimate of drug-likeness (QED) is 0.466. The SMILES string of the molecule is CC(C)ONC(=O)c1cnc(Cl)cc1Nc1ccc(C2CC2)cc1N(C)S(C)(=O)=O. The summed E-state index contributed by atoms with van der Waals surface area (Å²) in [5.74, 6) is -0.0429. The molecule has 1 aromatic carbocycles. The third-order valence-corrected chi connectivity index (χ3v) is 6.08. The van der Waals surface area contributed by atoms with Crippen molar-refractivity contribution in [3.63, 3.8) is 0 Å². The predicted molar refractivity (Wildman–Crippen MR) is 118 cm³/mol. The molecule has 30 heavy (non-hydrogen) atoms. The van der Waals surface area contributed by atoms with Crippen LogP contribution < -0.4 is 15.1 Å². The minimum atomic E-state index is -3.49. The van der Waals surface area contributed by atoms with Gasteiger partial charge in [-0.2, -0.15) is 0 Å². The number of pyridine rings is 1. The number of halogens is 1. The van der Waals surface area contributed by atoms with Gasteiger partial charge in [0.15, 0.2) is 0 Å². The zero-order valence-corrected chi connectivity index (χ0v) is 18.8. The second-order valence-corrected chi connectivity index (χ2v) is 9.96. The number of aromatic nitrogens is 1. The first-order chi connectivity index (χ1) is 14.1. The third kappa shape index (κ3) is 5.41. The zero-order valence-electron chi connectivity index (χ0n) is 17.3. The summed E-state index contributed by atoms with van der Waals surface area (Å²) in [4.78, 5) is 21.7. The van der Waals surface area contributed by atoms with E-state index in [0.717, 1.165) is 24.7 Å². The van der Waals surface area contributed by atoms with E-state index in [1.54, 1.807) is 13.8 Å². The smallest absolute Gasteiger partial charge is 0.278 e. The monoisotopic (exact) mass is 452 g/mol. The number of anilines is 3. The molecule has 1 aliphatic rings. The maximum absolute atomic E-state index is 12.5. The van der Waals surface area contributed by atoms with E-state index in [-0.39, 0.29) is 16.8 Å². The number of hydrogen-bond donors (Lipinski definition) is 2. The van der Waals surface area contributed by atoms with Crippen LogP contribution in [0.15, 0.2) is 30.5 Å². The van der Waals surface area contributed by atoms with Crippen molar-refractivity contribution in [3.05, 3.63) is 46.7 Å². The summed E-state index contributed by atoms with van der Waals surface area (Å²) in [5, 5.41) is 3.33. The number of sulfonamides is 1. The average molecular weight is 453 g/mol. The molecular weight excluding hydrogens is 428 g/mol. The highest BCUT2D eigenvalue weighted by atomic mass is 35.5. The lowest BCUT2D eigenvalue weighted by Gasteiger charge is -2.23. The van der Waals surface area contributed by atoms with Crippen molar-refractivity contribution in [2.75, 3.05) is 22.9 Å². The number of nitrogens with zero attached hydrogens (tertiary/aromatic N) is 2. The second kappa shape index (κ2) is 8.79. The van der Waals surface area contributed by atoms with Gasteiger partial charge in [0, 0.05) is 13.2 Å². The van der Waals surface area contributed by atoms with Crippen molar-refractivity contribution in [2.45, 2.75) is 38.7 Å². The predicted octanol–water partition coefficient (Wildman–Crippen LogP) is 3.82. The molecule has 2 aromatic rings. The Bertz CT molecular complexity index is 1050. The fourth-order valence-electron chi connectivity index (χ4n) is 2.85. The van der Waals surface area contributed by atoms with Gasteiger partial charge in [-0.15, -0.1) is 0 Å². The van der Waals surface area contributed by atoms with Crippen LogP contribution in [0, 0.1) is 0 Å². The Hall–Kier alpha value is -2.36. The minimum Gasteiger partial charge on any atom is -0.353 e. The molecule has 1 aromatic heterocycles. The number of benzene rings is 1. The number of carbonyl (C=O) groups excluding carboxylic acids is 1. The maximum atomic E-state index is 12.5. The average Bonchev–Trinajstić information content (AvgIpc) is 3.50. The Balaban J connectivity index is 1.99. The molecule has 162 valence electrons. The van der Waals surface area contributed by atoms with Gasteiger partial charge in [-0.3, -0.25) is 13.9 Å². The highest BCUT2D eigenvalue weighted by Gasteiger charge is 2.26. The largest absolute Gasteiger partial charge is 0.353 e. The summed E-state index contributed by atoms with van der Waals surface area (Å²) in [7, 11) is -1.99. The number of hydrogen-bond acceptors (Lipinski definition) is 6. The molecule has 0 unspecified atom stereocenters. The van der Waals surface area contributed by atoms with Crippen molar-refractivity contribution >= 4 is 44.6 Å². The van der Waals surface area contributed by atoms with Crippen molar-refractivity contribution in [1.29, 1.82) is 0 Å². The summed E-state index contributed by atoms with van der Waals surface area (Å²) >= 11 is 6.04. The zero-order chi connectivity index (χ0) is 22.1. The molecule has 1 fully saturated rings. The molecule has 1 heterocycles. The molecule has 0 spiro atoms. The third-order valence-electron chi connectivity index (χ3n) is 4.68. The molecule has 0 atom stereocenters. The molecule has 8 nitrogen and oxygen atoms in total. The molecule has 1 saturated carbocycles. The molecule has 10 heteroatoms. The number of hydroxylamine groups is 1. The molecular formula is C20H25ClN4O4S. The molecule has 0 saturated heterocycles. The van der Waals surface area contributed by atoms with Gasteiger partial charge in [-0.25, -0.2) is 18.9 Å². The minimum absolute atomic E-state index is 0.187. The van der Waals surface area contributed by atoms with Crippen LogP contribution in [0.5, 0.6) is 0 Å². The van der Waals surface area contributed by atoms with E-state index in [1.807, 2.05) is 18.2 Å². The molecule has 3 rings (SSSR count). The number of nitrogens with one attached hydrogen (secondary N) is 2. The fourth-order valence-corrected chi connectivity index (χ4v) is 3.52. The summed E-state index contributed by atoms with van der Waals surface area (Å²) in [6, 6.07) is 7.14. The van der Waals surface area contributed by atoms with Crippen molar-refractivity contribution < 1.29 is 18.0 Å². The van der Waals surface area contributed by atoms with Crippen LogP contribution >= 0.6 is 11.6 Å². The van der Waals surface area contributed by atoms with Crippen LogP contribution in [0.3, 0.4) is 0 Å². The summed E-state index contributed by atoms with van der Waals surface area (Å²) in [6.45, 7) is 3.57. The van der Waals surface area contributed by atoms with E-state index in [2.05, 4.69) is 15.8 Å². The van der Waals surface area contributed by atoms with E-state index < -0.39 is 15.9 Å². The summed E-state index contributed by atoms with van der Waals surface area (Å²) in [5.41, 5.74) is 5.05. The van der Waals surface area contributed by atoms with Gasteiger partial charge in [-0.1, -0.05) is 17.7 Å². The first kappa shape index (κ1) is 22.3. The number of carbonyl (C=O) groups is 1. The van der Waals surface area contributed by atoms with Crippen LogP contribution in [0.1, 0.15) is 48.5 Å². The molecule has 2 N–H and O–H groups in total. The van der Waals surface area contributed by atoms with E-state index >= 15 is 0 Å². The van der Waals surface area contributed by atoms with Crippen molar-refractivity contribution in [1.82, 2.24) is 10.5 Å². The summed E-state index contributed by atoms with van der Waals surface area (Å²) < 4.78 is 25.6.